The largest absolute Gasteiger partial charge is 0.345 e. The number of urea groups is 1. The molecule has 1 N–H and O–H groups in total. The van der Waals surface area contributed by atoms with E-state index >= 15 is 0 Å². The number of carbonyl (C=O) groups excluding carboxylic acids is 1. The lowest BCUT2D eigenvalue weighted by Crippen LogP contribution is -2.17. The van der Waals surface area contributed by atoms with E-state index in [1.165, 1.54) is 19.3 Å². The third-order valence-corrected chi connectivity index (χ3v) is 3.12. The molecule has 1 heterocycles. The summed E-state index contributed by atoms with van der Waals surface area (Å²) in [7, 11) is 0. The number of nitrogens with zero attached hydrogens (tertiary/aromatic N) is 1. The Morgan fingerprint density at radius 3 is 3.13 bits per heavy atom. The van der Waals surface area contributed by atoms with Crippen molar-refractivity contribution in [1.82, 2.24) is 10.6 Å². The van der Waals surface area contributed by atoms with Crippen LogP contribution in [0.2, 0.25) is 0 Å². The van der Waals surface area contributed by atoms with Crippen LogP contribution in [0.3, 0.4) is 0 Å². The first-order chi connectivity index (χ1) is 7.28. The fraction of sp³-hybridized carbons (Fsp3) is 0.583. The molecule has 0 bridgehead atoms. The number of allylic oxidation sites excluding steroid dienone is 3. The summed E-state index contributed by atoms with van der Waals surface area (Å²) in [4.78, 5) is 10.9. The van der Waals surface area contributed by atoms with Crippen molar-refractivity contribution in [3.05, 3.63) is 23.5 Å². The molecule has 81 valence electrons. The van der Waals surface area contributed by atoms with Crippen molar-refractivity contribution < 1.29 is 4.79 Å². The zero-order valence-electron chi connectivity index (χ0n) is 9.12. The predicted molar refractivity (Wildman–Crippen MR) is 59.1 cm³/mol. The van der Waals surface area contributed by atoms with Crippen LogP contribution >= 0.6 is 0 Å². The van der Waals surface area contributed by atoms with Gasteiger partial charge in [0, 0.05) is 6.20 Å². The SMILES string of the molecule is CCC1=CCCC(CC2=CNC(=O)[N]2)C1. The summed E-state index contributed by atoms with van der Waals surface area (Å²) in [6.45, 7) is 2.21. The molecule has 1 radical (unpaired) electrons. The van der Waals surface area contributed by atoms with Crippen molar-refractivity contribution in [2.24, 2.45) is 5.92 Å². The summed E-state index contributed by atoms with van der Waals surface area (Å²) >= 11 is 0. The van der Waals surface area contributed by atoms with Crippen LogP contribution in [0.4, 0.5) is 4.79 Å². The Balaban J connectivity index is 1.86. The topological polar surface area (TPSA) is 43.2 Å². The molecule has 0 saturated heterocycles. The Kier molecular flexibility index (Phi) is 3.09. The third-order valence-electron chi connectivity index (χ3n) is 3.12. The highest BCUT2D eigenvalue weighted by Gasteiger charge is 2.20. The second-order valence-electron chi connectivity index (χ2n) is 4.26. The van der Waals surface area contributed by atoms with Gasteiger partial charge in [0.2, 0.25) is 0 Å². The standard InChI is InChI=1S/C12H17N2O/c1-2-9-4-3-5-10(6-9)7-11-8-13-12(15)14-11/h4,8,10H,2-3,5-7H2,1H3,(H,13,15). The van der Waals surface area contributed by atoms with E-state index in [0.29, 0.717) is 5.92 Å². The van der Waals surface area contributed by atoms with Crippen molar-refractivity contribution in [3.8, 4) is 0 Å². The zero-order chi connectivity index (χ0) is 10.7. The summed E-state index contributed by atoms with van der Waals surface area (Å²) in [5.74, 6) is 0.674. The van der Waals surface area contributed by atoms with Gasteiger partial charge in [-0.15, -0.1) is 0 Å². The normalized spacial score (nSPS) is 25.4. The van der Waals surface area contributed by atoms with E-state index in [1.54, 1.807) is 11.8 Å². The van der Waals surface area contributed by atoms with Crippen molar-refractivity contribution >= 4 is 6.03 Å². The first-order valence-corrected chi connectivity index (χ1v) is 5.67. The highest BCUT2D eigenvalue weighted by molar-refractivity contribution is 5.79. The molecule has 2 rings (SSSR count). The van der Waals surface area contributed by atoms with E-state index < -0.39 is 0 Å². The molecule has 3 nitrogen and oxygen atoms in total. The summed E-state index contributed by atoms with van der Waals surface area (Å²) < 4.78 is 0. The van der Waals surface area contributed by atoms with Crippen LogP contribution in [0.5, 0.6) is 0 Å². The molecule has 0 saturated carbocycles. The third kappa shape index (κ3) is 2.61. The summed E-state index contributed by atoms with van der Waals surface area (Å²) in [5.41, 5.74) is 2.48. The number of hydrogen-bond acceptors (Lipinski definition) is 1. The Morgan fingerprint density at radius 2 is 2.47 bits per heavy atom. The van der Waals surface area contributed by atoms with Crippen molar-refractivity contribution in [3.63, 3.8) is 0 Å². The molecule has 1 atom stereocenters. The van der Waals surface area contributed by atoms with E-state index in [0.717, 1.165) is 18.5 Å². The maximum Gasteiger partial charge on any atom is 0.345 e. The van der Waals surface area contributed by atoms with E-state index in [-0.39, 0.29) is 6.03 Å². The van der Waals surface area contributed by atoms with Gasteiger partial charge in [-0.25, -0.2) is 4.79 Å². The van der Waals surface area contributed by atoms with Gasteiger partial charge in [0.15, 0.2) is 0 Å². The smallest absolute Gasteiger partial charge is 0.311 e. The molecule has 1 aliphatic carbocycles. The summed E-state index contributed by atoms with van der Waals surface area (Å²) in [6, 6.07) is -0.216. The van der Waals surface area contributed by atoms with Crippen molar-refractivity contribution in [1.29, 1.82) is 0 Å². The molecule has 0 aromatic rings. The molecule has 0 spiro atoms. The van der Waals surface area contributed by atoms with Crippen LogP contribution in [-0.2, 0) is 0 Å². The van der Waals surface area contributed by atoms with Crippen LogP contribution in [0.25, 0.3) is 0 Å². The van der Waals surface area contributed by atoms with E-state index in [1.807, 2.05) is 0 Å². The van der Waals surface area contributed by atoms with E-state index in [9.17, 15) is 4.79 Å². The molecular weight excluding hydrogens is 188 g/mol. The highest BCUT2D eigenvalue weighted by Crippen LogP contribution is 2.30. The second kappa shape index (κ2) is 4.51. The fourth-order valence-electron chi connectivity index (χ4n) is 2.28. The van der Waals surface area contributed by atoms with Crippen LogP contribution in [0.1, 0.15) is 39.0 Å². The first-order valence-electron chi connectivity index (χ1n) is 5.67. The van der Waals surface area contributed by atoms with E-state index in [2.05, 4.69) is 23.6 Å². The average molecular weight is 205 g/mol. The number of hydrogen-bond donors (Lipinski definition) is 1. The van der Waals surface area contributed by atoms with Crippen molar-refractivity contribution in [2.75, 3.05) is 0 Å². The second-order valence-corrected chi connectivity index (χ2v) is 4.26. The molecule has 1 unspecified atom stereocenters. The minimum atomic E-state index is -0.216. The highest BCUT2D eigenvalue weighted by atomic mass is 16.2. The molecule has 1 aliphatic heterocycles. The minimum absolute atomic E-state index is 0.216. The van der Waals surface area contributed by atoms with Crippen molar-refractivity contribution in [2.45, 2.75) is 39.0 Å². The zero-order valence-corrected chi connectivity index (χ0v) is 9.12. The fourth-order valence-corrected chi connectivity index (χ4v) is 2.28. The van der Waals surface area contributed by atoms with Gasteiger partial charge in [0.05, 0.1) is 5.70 Å². The summed E-state index contributed by atoms with van der Waals surface area (Å²) in [5, 5.41) is 6.53. The number of rotatable bonds is 3. The van der Waals surface area contributed by atoms with Crippen LogP contribution in [0.15, 0.2) is 23.5 Å². The summed E-state index contributed by atoms with van der Waals surface area (Å²) in [6.07, 6.45) is 9.79. The van der Waals surface area contributed by atoms with Crippen LogP contribution in [0, 0.1) is 5.92 Å². The van der Waals surface area contributed by atoms with Crippen LogP contribution < -0.4 is 10.6 Å². The van der Waals surface area contributed by atoms with Gasteiger partial charge in [-0.3, -0.25) is 0 Å². The van der Waals surface area contributed by atoms with Gasteiger partial charge in [0.25, 0.3) is 0 Å². The molecule has 0 aromatic heterocycles. The number of nitrogens with one attached hydrogen (secondary N) is 1. The van der Waals surface area contributed by atoms with Gasteiger partial charge in [0.1, 0.15) is 0 Å². The maximum atomic E-state index is 10.9. The molecule has 2 aliphatic rings. The Morgan fingerprint density at radius 1 is 1.60 bits per heavy atom. The monoisotopic (exact) mass is 205 g/mol. The molecule has 15 heavy (non-hydrogen) atoms. The van der Waals surface area contributed by atoms with Gasteiger partial charge in [-0.1, -0.05) is 18.6 Å². The van der Waals surface area contributed by atoms with Crippen LogP contribution in [-0.4, -0.2) is 6.03 Å². The predicted octanol–water partition coefficient (Wildman–Crippen LogP) is 2.68. The van der Waals surface area contributed by atoms with Gasteiger partial charge in [-0.05, 0) is 38.0 Å². The quantitative estimate of drug-likeness (QED) is 0.707. The average Bonchev–Trinajstić information content (AvgIpc) is 2.64. The Labute approximate surface area is 90.6 Å². The number of carbonyl (C=O) groups is 1. The first kappa shape index (κ1) is 10.3. The molecule has 2 amide bonds. The van der Waals surface area contributed by atoms with Gasteiger partial charge in [-0.2, -0.15) is 5.32 Å². The van der Waals surface area contributed by atoms with E-state index in [4.69, 9.17) is 0 Å². The minimum Gasteiger partial charge on any atom is -0.311 e. The molecule has 0 aromatic carbocycles. The molecular formula is C12H17N2O. The number of amides is 2. The lowest BCUT2D eigenvalue weighted by Gasteiger charge is -2.21. The lowest BCUT2D eigenvalue weighted by molar-refractivity contribution is 0.248. The molecule has 3 heteroatoms. The lowest BCUT2D eigenvalue weighted by atomic mass is 9.85. The van der Waals surface area contributed by atoms with Gasteiger partial charge >= 0.3 is 6.03 Å². The molecule has 0 fully saturated rings. The Bertz CT molecular complexity index is 318. The Hall–Kier alpha value is -1.25. The van der Waals surface area contributed by atoms with Gasteiger partial charge < -0.3 is 5.32 Å². The maximum absolute atomic E-state index is 10.9.